The maximum absolute atomic E-state index is 12.1. The Balaban J connectivity index is 1.74. The lowest BCUT2D eigenvalue weighted by Crippen LogP contribution is -2.15. The number of amides is 1. The second-order valence-electron chi connectivity index (χ2n) is 8.92. The van der Waals surface area contributed by atoms with Crippen LogP contribution in [0.25, 0.3) is 11.3 Å². The van der Waals surface area contributed by atoms with E-state index in [9.17, 15) is 4.79 Å². The Kier molecular flexibility index (Phi) is 7.43. The molecule has 1 unspecified atom stereocenters. The molecule has 1 amide bonds. The molecule has 0 saturated heterocycles. The number of H-pyrrole nitrogens is 1. The summed E-state index contributed by atoms with van der Waals surface area (Å²) in [7, 11) is 5.60. The van der Waals surface area contributed by atoms with Crippen LogP contribution in [0.4, 0.5) is 11.4 Å². The van der Waals surface area contributed by atoms with Crippen molar-refractivity contribution in [2.75, 3.05) is 31.4 Å². The van der Waals surface area contributed by atoms with Crippen molar-refractivity contribution in [3.63, 3.8) is 0 Å². The highest BCUT2D eigenvalue weighted by molar-refractivity contribution is 6.37. The van der Waals surface area contributed by atoms with Crippen LogP contribution >= 0.6 is 23.2 Å². The molecule has 3 aromatic rings. The highest BCUT2D eigenvalue weighted by Gasteiger charge is 2.30. The van der Waals surface area contributed by atoms with E-state index in [1.54, 1.807) is 7.11 Å². The summed E-state index contributed by atoms with van der Waals surface area (Å²) in [6.45, 7) is 5.64. The van der Waals surface area contributed by atoms with Crippen LogP contribution in [0, 0.1) is 0 Å². The number of carbonyl (C=O) groups excluding carboxylic acids is 1. The minimum Gasteiger partial charge on any atom is -0.495 e. The number of aromatic nitrogens is 2. The number of ether oxygens (including phenoxy) is 1. The molecule has 4 rings (SSSR count). The zero-order chi connectivity index (χ0) is 25.3. The van der Waals surface area contributed by atoms with Crippen LogP contribution in [0.15, 0.2) is 36.9 Å². The number of hydrogen-bond acceptors (Lipinski definition) is 4. The predicted molar refractivity (Wildman–Crippen MR) is 144 cm³/mol. The standard InChI is InChI=1S/C27H30Cl2N4O2/c1-6-15-13-22(35-5)26(29)24(25(15)28)16-8-10-18-21(12-16)31-32-27(18)19-14-17(33(3)4)9-11-20(19)30-23(34)7-2/h7,9,11,13-14,16H,2,6,8,10,12H2,1,3-5H3,(H,30,34)(H,31,32). The molecule has 1 heterocycles. The number of rotatable bonds is 7. The first-order valence-electron chi connectivity index (χ1n) is 11.6. The van der Waals surface area contributed by atoms with Crippen LogP contribution < -0.4 is 15.0 Å². The van der Waals surface area contributed by atoms with E-state index in [0.717, 1.165) is 70.0 Å². The van der Waals surface area contributed by atoms with Crippen molar-refractivity contribution in [3.05, 3.63) is 69.3 Å². The van der Waals surface area contributed by atoms with E-state index in [-0.39, 0.29) is 11.8 Å². The molecule has 0 saturated carbocycles. The minimum atomic E-state index is -0.262. The number of hydrogen-bond donors (Lipinski definition) is 2. The van der Waals surface area contributed by atoms with E-state index in [1.807, 2.05) is 43.3 Å². The van der Waals surface area contributed by atoms with Gasteiger partial charge in [-0.1, -0.05) is 36.7 Å². The molecule has 1 atom stereocenters. The van der Waals surface area contributed by atoms with Gasteiger partial charge in [0.05, 0.1) is 23.5 Å². The number of halogens is 2. The Bertz CT molecular complexity index is 1250. The van der Waals surface area contributed by atoms with Gasteiger partial charge in [-0.15, -0.1) is 0 Å². The van der Waals surface area contributed by atoms with Crippen molar-refractivity contribution in [2.45, 2.75) is 38.5 Å². The second kappa shape index (κ2) is 10.3. The Labute approximate surface area is 216 Å². The molecule has 0 spiro atoms. The molecule has 0 bridgehead atoms. The smallest absolute Gasteiger partial charge is 0.247 e. The van der Waals surface area contributed by atoms with Gasteiger partial charge in [-0.3, -0.25) is 9.89 Å². The van der Waals surface area contributed by atoms with Gasteiger partial charge in [-0.25, -0.2) is 0 Å². The minimum absolute atomic E-state index is 0.143. The molecule has 1 aromatic heterocycles. The third-order valence-electron chi connectivity index (χ3n) is 6.65. The van der Waals surface area contributed by atoms with Gasteiger partial charge in [0.1, 0.15) is 5.75 Å². The van der Waals surface area contributed by atoms with Gasteiger partial charge in [0.25, 0.3) is 0 Å². The number of nitrogens with one attached hydrogen (secondary N) is 2. The fourth-order valence-corrected chi connectivity index (χ4v) is 5.59. The van der Waals surface area contributed by atoms with Crippen LogP contribution in [0.1, 0.15) is 41.6 Å². The predicted octanol–water partition coefficient (Wildman–Crippen LogP) is 6.42. The molecule has 1 aliphatic carbocycles. The van der Waals surface area contributed by atoms with Crippen LogP contribution in [0.3, 0.4) is 0 Å². The molecule has 2 N–H and O–H groups in total. The largest absolute Gasteiger partial charge is 0.495 e. The molecule has 0 aliphatic heterocycles. The maximum Gasteiger partial charge on any atom is 0.247 e. The van der Waals surface area contributed by atoms with Gasteiger partial charge in [0.2, 0.25) is 5.91 Å². The number of anilines is 2. The molecule has 0 radical (unpaired) electrons. The fourth-order valence-electron chi connectivity index (χ4n) is 4.73. The van der Waals surface area contributed by atoms with Crippen LogP contribution in [0.2, 0.25) is 10.0 Å². The number of aromatic amines is 1. The zero-order valence-electron chi connectivity index (χ0n) is 20.5. The lowest BCUT2D eigenvalue weighted by Gasteiger charge is -2.26. The highest BCUT2D eigenvalue weighted by Crippen LogP contribution is 2.46. The van der Waals surface area contributed by atoms with Gasteiger partial charge >= 0.3 is 0 Å². The average molecular weight is 513 g/mol. The third kappa shape index (κ3) is 4.78. The summed E-state index contributed by atoms with van der Waals surface area (Å²) >= 11 is 13.6. The summed E-state index contributed by atoms with van der Waals surface area (Å²) in [5, 5.41) is 12.2. The quantitative estimate of drug-likeness (QED) is 0.358. The molecule has 184 valence electrons. The van der Waals surface area contributed by atoms with Crippen molar-refractivity contribution < 1.29 is 9.53 Å². The van der Waals surface area contributed by atoms with Gasteiger partial charge < -0.3 is 15.0 Å². The van der Waals surface area contributed by atoms with Crippen molar-refractivity contribution in [2.24, 2.45) is 0 Å². The van der Waals surface area contributed by atoms with E-state index in [2.05, 4.69) is 23.9 Å². The first kappa shape index (κ1) is 25.1. The molecule has 6 nitrogen and oxygen atoms in total. The van der Waals surface area contributed by atoms with E-state index in [0.29, 0.717) is 16.5 Å². The molecule has 2 aromatic carbocycles. The maximum atomic E-state index is 12.1. The number of aryl methyl sites for hydroxylation is 1. The van der Waals surface area contributed by atoms with Gasteiger partial charge in [0, 0.05) is 41.6 Å². The van der Waals surface area contributed by atoms with E-state index >= 15 is 0 Å². The van der Waals surface area contributed by atoms with Crippen LogP contribution in [-0.4, -0.2) is 37.3 Å². The average Bonchev–Trinajstić information content (AvgIpc) is 3.27. The summed E-state index contributed by atoms with van der Waals surface area (Å²) < 4.78 is 5.53. The first-order chi connectivity index (χ1) is 16.8. The number of carbonyl (C=O) groups is 1. The molecule has 8 heteroatoms. The summed E-state index contributed by atoms with van der Waals surface area (Å²) in [6, 6.07) is 7.84. The molecular weight excluding hydrogens is 483 g/mol. The van der Waals surface area contributed by atoms with Gasteiger partial charge in [-0.2, -0.15) is 5.10 Å². The number of nitrogens with zero attached hydrogens (tertiary/aromatic N) is 2. The summed E-state index contributed by atoms with van der Waals surface area (Å²) in [5.74, 6) is 0.536. The normalized spacial score (nSPS) is 14.9. The van der Waals surface area contributed by atoms with E-state index in [1.165, 1.54) is 6.08 Å². The highest BCUT2D eigenvalue weighted by atomic mass is 35.5. The Morgan fingerprint density at radius 3 is 2.74 bits per heavy atom. The van der Waals surface area contributed by atoms with E-state index in [4.69, 9.17) is 33.0 Å². The molecular formula is C27H30Cl2N4O2. The van der Waals surface area contributed by atoms with Crippen molar-refractivity contribution in [3.8, 4) is 17.0 Å². The zero-order valence-corrected chi connectivity index (χ0v) is 22.0. The van der Waals surface area contributed by atoms with Crippen LogP contribution in [-0.2, 0) is 24.1 Å². The monoisotopic (exact) mass is 512 g/mol. The van der Waals surface area contributed by atoms with Crippen molar-refractivity contribution in [1.82, 2.24) is 10.2 Å². The summed E-state index contributed by atoms with van der Waals surface area (Å²) in [6.07, 6.45) is 4.47. The Morgan fingerprint density at radius 1 is 1.31 bits per heavy atom. The molecule has 35 heavy (non-hydrogen) atoms. The van der Waals surface area contributed by atoms with Gasteiger partial charge in [0.15, 0.2) is 0 Å². The Hall–Kier alpha value is -2.96. The molecule has 0 fully saturated rings. The lowest BCUT2D eigenvalue weighted by atomic mass is 9.81. The van der Waals surface area contributed by atoms with Gasteiger partial charge in [-0.05, 0) is 73.1 Å². The van der Waals surface area contributed by atoms with E-state index < -0.39 is 0 Å². The number of fused-ring (bicyclic) bond motifs is 1. The van der Waals surface area contributed by atoms with Crippen molar-refractivity contribution >= 4 is 40.5 Å². The summed E-state index contributed by atoms with van der Waals surface area (Å²) in [5.41, 5.74) is 7.61. The van der Waals surface area contributed by atoms with Crippen molar-refractivity contribution in [1.29, 1.82) is 0 Å². The van der Waals surface area contributed by atoms with Crippen LogP contribution in [0.5, 0.6) is 5.75 Å². The second-order valence-corrected chi connectivity index (χ2v) is 9.68. The Morgan fingerprint density at radius 2 is 2.09 bits per heavy atom. The fraction of sp³-hybridized carbons (Fsp3) is 0.333. The topological polar surface area (TPSA) is 70.2 Å². The molecule has 1 aliphatic rings. The first-order valence-corrected chi connectivity index (χ1v) is 12.4. The third-order valence-corrected chi connectivity index (χ3v) is 7.49. The SMILES string of the molecule is C=CC(=O)Nc1ccc(N(C)C)cc1-c1n[nH]c2c1CCC(c1c(Cl)c(CC)cc(OC)c1Cl)C2. The summed E-state index contributed by atoms with van der Waals surface area (Å²) in [4.78, 5) is 14.1. The number of benzene rings is 2. The lowest BCUT2D eigenvalue weighted by molar-refractivity contribution is -0.111. The number of methoxy groups -OCH3 is 1.